The van der Waals surface area contributed by atoms with Gasteiger partial charge in [0.2, 0.25) is 0 Å². The summed E-state index contributed by atoms with van der Waals surface area (Å²) in [5, 5.41) is 13.6. The molecule has 108 valence electrons. The molecule has 4 heteroatoms. The van der Waals surface area contributed by atoms with Crippen molar-refractivity contribution >= 4 is 16.3 Å². The van der Waals surface area contributed by atoms with Gasteiger partial charge in [0, 0.05) is 37.1 Å². The van der Waals surface area contributed by atoms with Crippen LogP contribution in [0.5, 0.6) is 0 Å². The van der Waals surface area contributed by atoms with Gasteiger partial charge >= 0.3 is 0 Å². The monoisotopic (exact) mass is 289 g/mol. The van der Waals surface area contributed by atoms with Crippen LogP contribution in [0.1, 0.15) is 48.1 Å². The molecule has 1 N–H and O–H groups in total. The largest absolute Gasteiger partial charge is 0.379 e. The van der Waals surface area contributed by atoms with E-state index in [0.29, 0.717) is 0 Å². The number of hydrogen-bond donors (Lipinski definition) is 1. The lowest BCUT2D eigenvalue weighted by molar-refractivity contribution is 0.188. The fourth-order valence-electron chi connectivity index (χ4n) is 3.63. The minimum absolute atomic E-state index is 0.887. The van der Waals surface area contributed by atoms with Crippen LogP contribution in [0.3, 0.4) is 0 Å². The molecule has 3 rings (SSSR count). The Morgan fingerprint density at radius 1 is 1.35 bits per heavy atom. The third kappa shape index (κ3) is 2.70. The van der Waals surface area contributed by atoms with Crippen molar-refractivity contribution in [3.05, 3.63) is 16.0 Å². The Hall–Kier alpha value is -1.05. The number of nitriles is 1. The van der Waals surface area contributed by atoms with Crippen molar-refractivity contribution < 1.29 is 0 Å². The molecule has 0 saturated heterocycles. The third-order valence-electron chi connectivity index (χ3n) is 4.71. The zero-order valence-electron chi connectivity index (χ0n) is 12.2. The Balaban J connectivity index is 1.71. The summed E-state index contributed by atoms with van der Waals surface area (Å²) in [6, 6.07) is 2.40. The number of hydrogen-bond acceptors (Lipinski definition) is 4. The lowest BCUT2D eigenvalue weighted by Crippen LogP contribution is -2.34. The van der Waals surface area contributed by atoms with Gasteiger partial charge in [-0.15, -0.1) is 11.3 Å². The Kier molecular flexibility index (Phi) is 4.28. The lowest BCUT2D eigenvalue weighted by atomic mass is 9.88. The molecule has 1 aliphatic heterocycles. The molecule has 0 atom stereocenters. The summed E-state index contributed by atoms with van der Waals surface area (Å²) in [6.45, 7) is 3.37. The molecular weight excluding hydrogens is 266 g/mol. The number of anilines is 1. The maximum Gasteiger partial charge on any atom is 0.107 e. The Morgan fingerprint density at radius 2 is 2.15 bits per heavy atom. The highest BCUT2D eigenvalue weighted by Crippen LogP contribution is 2.37. The molecule has 1 saturated carbocycles. The molecule has 3 nitrogen and oxygen atoms in total. The molecule has 0 bridgehead atoms. The van der Waals surface area contributed by atoms with Crippen LogP contribution < -0.4 is 5.32 Å². The van der Waals surface area contributed by atoms with E-state index in [4.69, 9.17) is 0 Å². The quantitative estimate of drug-likeness (QED) is 0.924. The van der Waals surface area contributed by atoms with Crippen LogP contribution in [0.15, 0.2) is 0 Å². The molecule has 0 spiro atoms. The second-order valence-electron chi connectivity index (χ2n) is 6.06. The van der Waals surface area contributed by atoms with Gasteiger partial charge in [-0.3, -0.25) is 4.90 Å². The van der Waals surface area contributed by atoms with Gasteiger partial charge in [-0.05, 0) is 25.2 Å². The molecule has 0 aromatic carbocycles. The van der Waals surface area contributed by atoms with Crippen LogP contribution in [-0.4, -0.2) is 25.0 Å². The fraction of sp³-hybridized carbons (Fsp3) is 0.688. The van der Waals surface area contributed by atoms with E-state index in [0.717, 1.165) is 36.0 Å². The maximum absolute atomic E-state index is 9.40. The second kappa shape index (κ2) is 6.15. The van der Waals surface area contributed by atoms with Crippen LogP contribution in [-0.2, 0) is 13.0 Å². The first-order chi connectivity index (χ1) is 9.81. The van der Waals surface area contributed by atoms with Crippen molar-refractivity contribution in [2.75, 3.05) is 25.5 Å². The first kappa shape index (κ1) is 13.9. The summed E-state index contributed by atoms with van der Waals surface area (Å²) >= 11 is 1.77. The van der Waals surface area contributed by atoms with Gasteiger partial charge in [0.05, 0.1) is 5.56 Å². The zero-order chi connectivity index (χ0) is 13.9. The highest BCUT2D eigenvalue weighted by Gasteiger charge is 2.26. The van der Waals surface area contributed by atoms with Gasteiger partial charge in [-0.25, -0.2) is 0 Å². The second-order valence-corrected chi connectivity index (χ2v) is 7.16. The Labute approximate surface area is 125 Å². The van der Waals surface area contributed by atoms with Gasteiger partial charge in [0.25, 0.3) is 0 Å². The van der Waals surface area contributed by atoms with Crippen molar-refractivity contribution in [2.45, 2.75) is 45.1 Å². The summed E-state index contributed by atoms with van der Waals surface area (Å²) in [4.78, 5) is 4.00. The van der Waals surface area contributed by atoms with Crippen molar-refractivity contribution in [3.8, 4) is 6.07 Å². The average molecular weight is 289 g/mol. The van der Waals surface area contributed by atoms with Gasteiger partial charge in [-0.2, -0.15) is 5.26 Å². The van der Waals surface area contributed by atoms with Crippen molar-refractivity contribution in [1.29, 1.82) is 5.26 Å². The normalized spacial score (nSPS) is 20.4. The van der Waals surface area contributed by atoms with E-state index < -0.39 is 0 Å². The van der Waals surface area contributed by atoms with Crippen LogP contribution >= 0.6 is 11.3 Å². The first-order valence-electron chi connectivity index (χ1n) is 7.76. The SMILES string of the molecule is CNc1sc2c(c1C#N)CN(CC1CCCCC1)CC2. The summed E-state index contributed by atoms with van der Waals surface area (Å²) in [5.41, 5.74) is 2.18. The molecule has 0 unspecified atom stereocenters. The molecule has 1 aliphatic carbocycles. The molecule has 1 aromatic heterocycles. The summed E-state index contributed by atoms with van der Waals surface area (Å²) in [5.74, 6) is 0.887. The standard InChI is InChI=1S/C16H23N3S/c1-18-16-13(9-17)14-11-19(8-7-15(14)20-16)10-12-5-3-2-4-6-12/h12,18H,2-8,10-11H2,1H3. The molecule has 1 aromatic rings. The first-order valence-corrected chi connectivity index (χ1v) is 8.58. The van der Waals surface area contributed by atoms with Gasteiger partial charge in [-0.1, -0.05) is 19.3 Å². The molecule has 2 aliphatic rings. The van der Waals surface area contributed by atoms with E-state index in [1.807, 2.05) is 7.05 Å². The Bertz CT molecular complexity index is 509. The summed E-state index contributed by atoms with van der Waals surface area (Å²) in [6.07, 6.45) is 8.17. The van der Waals surface area contributed by atoms with Gasteiger partial charge < -0.3 is 5.32 Å². The highest BCUT2D eigenvalue weighted by atomic mass is 32.1. The van der Waals surface area contributed by atoms with Crippen LogP contribution in [0.2, 0.25) is 0 Å². The number of nitrogens with one attached hydrogen (secondary N) is 1. The number of nitrogens with zero attached hydrogens (tertiary/aromatic N) is 2. The van der Waals surface area contributed by atoms with E-state index in [1.165, 1.54) is 49.1 Å². The average Bonchev–Trinajstić information content (AvgIpc) is 2.85. The van der Waals surface area contributed by atoms with Gasteiger partial charge in [0.15, 0.2) is 0 Å². The van der Waals surface area contributed by atoms with E-state index in [2.05, 4.69) is 16.3 Å². The van der Waals surface area contributed by atoms with E-state index in [9.17, 15) is 5.26 Å². The van der Waals surface area contributed by atoms with Crippen LogP contribution in [0, 0.1) is 17.2 Å². The maximum atomic E-state index is 9.40. The minimum atomic E-state index is 0.887. The highest BCUT2D eigenvalue weighted by molar-refractivity contribution is 7.16. The number of fused-ring (bicyclic) bond motifs is 1. The number of thiophene rings is 1. The lowest BCUT2D eigenvalue weighted by Gasteiger charge is -2.32. The summed E-state index contributed by atoms with van der Waals surface area (Å²) < 4.78 is 0. The minimum Gasteiger partial charge on any atom is -0.379 e. The smallest absolute Gasteiger partial charge is 0.107 e. The van der Waals surface area contributed by atoms with Crippen LogP contribution in [0.25, 0.3) is 0 Å². The molecule has 2 heterocycles. The summed E-state index contributed by atoms with van der Waals surface area (Å²) in [7, 11) is 1.91. The van der Waals surface area contributed by atoms with Crippen molar-refractivity contribution in [1.82, 2.24) is 4.90 Å². The van der Waals surface area contributed by atoms with E-state index >= 15 is 0 Å². The van der Waals surface area contributed by atoms with Crippen molar-refractivity contribution in [2.24, 2.45) is 5.92 Å². The number of rotatable bonds is 3. The molecule has 1 fully saturated rings. The molecular formula is C16H23N3S. The van der Waals surface area contributed by atoms with Crippen molar-refractivity contribution in [3.63, 3.8) is 0 Å². The van der Waals surface area contributed by atoms with E-state index in [-0.39, 0.29) is 0 Å². The predicted molar refractivity (Wildman–Crippen MR) is 84.1 cm³/mol. The molecule has 0 radical (unpaired) electrons. The predicted octanol–water partition coefficient (Wildman–Crippen LogP) is 3.60. The Morgan fingerprint density at radius 3 is 2.85 bits per heavy atom. The fourth-order valence-corrected chi connectivity index (χ4v) is 4.73. The van der Waals surface area contributed by atoms with E-state index in [1.54, 1.807) is 11.3 Å². The zero-order valence-corrected chi connectivity index (χ0v) is 13.1. The third-order valence-corrected chi connectivity index (χ3v) is 6.02. The molecule has 20 heavy (non-hydrogen) atoms. The van der Waals surface area contributed by atoms with Crippen LogP contribution in [0.4, 0.5) is 5.00 Å². The van der Waals surface area contributed by atoms with Gasteiger partial charge in [0.1, 0.15) is 11.1 Å². The topological polar surface area (TPSA) is 39.1 Å². The molecule has 0 amide bonds.